The van der Waals surface area contributed by atoms with E-state index < -0.39 is 10.8 Å². The lowest BCUT2D eigenvalue weighted by Crippen LogP contribution is -2.17. The lowest BCUT2D eigenvalue weighted by Gasteiger charge is -2.06. The fourth-order valence-corrected chi connectivity index (χ4v) is 3.01. The second-order valence-corrected chi connectivity index (χ2v) is 6.30. The van der Waals surface area contributed by atoms with Gasteiger partial charge in [-0.3, -0.25) is 9.00 Å². The van der Waals surface area contributed by atoms with Crippen LogP contribution < -0.4 is 0 Å². The Labute approximate surface area is 106 Å². The molecule has 94 valence electrons. The molecule has 3 heteroatoms. The predicted molar refractivity (Wildman–Crippen MR) is 72.5 cm³/mol. The molecule has 0 aromatic heterocycles. The summed E-state index contributed by atoms with van der Waals surface area (Å²) >= 11 is 0. The summed E-state index contributed by atoms with van der Waals surface area (Å²) in [6.45, 7) is 7.74. The Morgan fingerprint density at radius 3 is 2.18 bits per heavy atom. The Hall–Kier alpha value is -0.960. The van der Waals surface area contributed by atoms with Gasteiger partial charge in [-0.25, -0.2) is 0 Å². The van der Waals surface area contributed by atoms with Crippen LogP contribution in [0.25, 0.3) is 0 Å². The zero-order valence-corrected chi connectivity index (χ0v) is 11.8. The van der Waals surface area contributed by atoms with Gasteiger partial charge < -0.3 is 0 Å². The van der Waals surface area contributed by atoms with Gasteiger partial charge in [0, 0.05) is 22.5 Å². The highest BCUT2D eigenvalue weighted by Crippen LogP contribution is 2.11. The molecule has 1 aromatic rings. The third-order valence-corrected chi connectivity index (χ3v) is 3.82. The highest BCUT2D eigenvalue weighted by atomic mass is 32.2. The summed E-state index contributed by atoms with van der Waals surface area (Å²) in [5, 5.41) is 0. The van der Waals surface area contributed by atoms with Gasteiger partial charge in [0.25, 0.3) is 0 Å². The number of ketones is 1. The summed E-state index contributed by atoms with van der Waals surface area (Å²) in [4.78, 5) is 11.5. The zero-order valence-electron chi connectivity index (χ0n) is 10.9. The predicted octanol–water partition coefficient (Wildman–Crippen LogP) is 2.78. The molecule has 0 bridgehead atoms. The molecule has 0 N–H and O–H groups in total. The minimum Gasteiger partial charge on any atom is -0.298 e. The van der Waals surface area contributed by atoms with Crippen LogP contribution in [0.1, 0.15) is 30.5 Å². The van der Waals surface area contributed by atoms with E-state index >= 15 is 0 Å². The summed E-state index contributed by atoms with van der Waals surface area (Å²) in [5.41, 5.74) is 3.40. The average molecular weight is 252 g/mol. The Morgan fingerprint density at radius 1 is 1.18 bits per heavy atom. The normalized spacial score (nSPS) is 12.8. The first kappa shape index (κ1) is 14.1. The molecule has 1 aromatic carbocycles. The van der Waals surface area contributed by atoms with Crippen molar-refractivity contribution >= 4 is 16.6 Å². The van der Waals surface area contributed by atoms with Crippen LogP contribution in [0.2, 0.25) is 0 Å². The second-order valence-electron chi connectivity index (χ2n) is 4.85. The minimum atomic E-state index is -1.09. The fourth-order valence-electron chi connectivity index (χ4n) is 1.71. The van der Waals surface area contributed by atoms with E-state index in [9.17, 15) is 9.00 Å². The molecule has 1 rings (SSSR count). The van der Waals surface area contributed by atoms with E-state index in [0.29, 0.717) is 5.75 Å². The van der Waals surface area contributed by atoms with Crippen LogP contribution >= 0.6 is 0 Å². The largest absolute Gasteiger partial charge is 0.298 e. The van der Waals surface area contributed by atoms with Gasteiger partial charge in [0.05, 0.1) is 5.75 Å². The number of aryl methyl sites for hydroxylation is 2. The SMILES string of the molecule is Cc1cc(C)cc(CS(=O)CC(=O)C(C)C)c1. The van der Waals surface area contributed by atoms with Crippen LogP contribution in [-0.4, -0.2) is 15.7 Å². The molecule has 1 atom stereocenters. The summed E-state index contributed by atoms with van der Waals surface area (Å²) in [7, 11) is -1.09. The van der Waals surface area contributed by atoms with Crippen LogP contribution in [0, 0.1) is 19.8 Å². The van der Waals surface area contributed by atoms with Gasteiger partial charge in [0.2, 0.25) is 0 Å². The van der Waals surface area contributed by atoms with Crippen molar-refractivity contribution in [3.8, 4) is 0 Å². The molecule has 2 nitrogen and oxygen atoms in total. The van der Waals surface area contributed by atoms with E-state index in [1.54, 1.807) is 0 Å². The molecular weight excluding hydrogens is 232 g/mol. The molecule has 0 aliphatic rings. The number of benzene rings is 1. The zero-order chi connectivity index (χ0) is 13.0. The molecule has 0 radical (unpaired) electrons. The van der Waals surface area contributed by atoms with Gasteiger partial charge in [0.15, 0.2) is 0 Å². The molecule has 0 spiro atoms. The Balaban J connectivity index is 2.65. The average Bonchev–Trinajstić information content (AvgIpc) is 2.14. The van der Waals surface area contributed by atoms with E-state index in [0.717, 1.165) is 5.56 Å². The molecule has 17 heavy (non-hydrogen) atoms. The van der Waals surface area contributed by atoms with E-state index in [1.807, 2.05) is 39.8 Å². The lowest BCUT2D eigenvalue weighted by molar-refractivity contribution is -0.119. The summed E-state index contributed by atoms with van der Waals surface area (Å²) in [5.74, 6) is 0.692. The third-order valence-electron chi connectivity index (χ3n) is 2.56. The number of hydrogen-bond acceptors (Lipinski definition) is 2. The van der Waals surface area contributed by atoms with Crippen LogP contribution in [0.3, 0.4) is 0 Å². The Kier molecular flexibility index (Phi) is 5.06. The van der Waals surface area contributed by atoms with Crippen molar-refractivity contribution in [2.75, 3.05) is 5.75 Å². The smallest absolute Gasteiger partial charge is 0.147 e. The first-order chi connectivity index (χ1) is 7.88. The molecule has 0 saturated heterocycles. The maximum Gasteiger partial charge on any atom is 0.147 e. The maximum atomic E-state index is 11.8. The van der Waals surface area contributed by atoms with Crippen LogP contribution in [0.5, 0.6) is 0 Å². The molecule has 0 heterocycles. The molecule has 0 fully saturated rings. The Morgan fingerprint density at radius 2 is 1.71 bits per heavy atom. The van der Waals surface area contributed by atoms with Crippen LogP contribution in [0.15, 0.2) is 18.2 Å². The molecule has 0 aliphatic heterocycles. The fraction of sp³-hybridized carbons (Fsp3) is 0.500. The first-order valence-electron chi connectivity index (χ1n) is 5.83. The van der Waals surface area contributed by atoms with Crippen molar-refractivity contribution in [1.29, 1.82) is 0 Å². The van der Waals surface area contributed by atoms with E-state index in [4.69, 9.17) is 0 Å². The van der Waals surface area contributed by atoms with Crippen LogP contribution in [0.4, 0.5) is 0 Å². The minimum absolute atomic E-state index is 0.0294. The van der Waals surface area contributed by atoms with Crippen molar-refractivity contribution in [3.05, 3.63) is 34.9 Å². The topological polar surface area (TPSA) is 34.1 Å². The number of carbonyl (C=O) groups is 1. The van der Waals surface area contributed by atoms with Gasteiger partial charge in [-0.15, -0.1) is 0 Å². The molecule has 1 unspecified atom stereocenters. The van der Waals surface area contributed by atoms with E-state index in [1.165, 1.54) is 11.1 Å². The van der Waals surface area contributed by atoms with Gasteiger partial charge in [0.1, 0.15) is 5.78 Å². The lowest BCUT2D eigenvalue weighted by atomic mass is 10.1. The number of carbonyl (C=O) groups excluding carboxylic acids is 1. The van der Waals surface area contributed by atoms with Gasteiger partial charge >= 0.3 is 0 Å². The van der Waals surface area contributed by atoms with Crippen molar-refractivity contribution in [3.63, 3.8) is 0 Å². The van der Waals surface area contributed by atoms with E-state index in [-0.39, 0.29) is 17.5 Å². The summed E-state index contributed by atoms with van der Waals surface area (Å²) < 4.78 is 11.8. The highest BCUT2D eigenvalue weighted by molar-refractivity contribution is 7.84. The standard InChI is InChI=1S/C14H20O2S/c1-10(2)14(15)9-17(16)8-13-6-11(3)5-12(4)7-13/h5-7,10H,8-9H2,1-4H3. The van der Waals surface area contributed by atoms with Crippen LogP contribution in [-0.2, 0) is 21.3 Å². The Bertz CT molecular complexity index is 416. The number of rotatable bonds is 5. The molecular formula is C14H20O2S. The monoisotopic (exact) mass is 252 g/mol. The maximum absolute atomic E-state index is 11.8. The van der Waals surface area contributed by atoms with Gasteiger partial charge in [-0.1, -0.05) is 43.2 Å². The highest BCUT2D eigenvalue weighted by Gasteiger charge is 2.12. The first-order valence-corrected chi connectivity index (χ1v) is 7.32. The molecule has 0 saturated carbocycles. The molecule has 0 amide bonds. The van der Waals surface area contributed by atoms with E-state index in [2.05, 4.69) is 6.07 Å². The summed E-state index contributed by atoms with van der Waals surface area (Å²) in [6, 6.07) is 6.15. The molecule has 0 aliphatic carbocycles. The summed E-state index contributed by atoms with van der Waals surface area (Å²) in [6.07, 6.45) is 0. The van der Waals surface area contributed by atoms with Crippen molar-refractivity contribution in [2.45, 2.75) is 33.4 Å². The third kappa shape index (κ3) is 4.82. The van der Waals surface area contributed by atoms with Gasteiger partial charge in [-0.05, 0) is 19.4 Å². The quantitative estimate of drug-likeness (QED) is 0.807. The van der Waals surface area contributed by atoms with Crippen molar-refractivity contribution in [1.82, 2.24) is 0 Å². The van der Waals surface area contributed by atoms with Crippen molar-refractivity contribution in [2.24, 2.45) is 5.92 Å². The second kappa shape index (κ2) is 6.10. The number of Topliss-reactive ketones (excluding diaryl/α,β-unsaturated/α-hetero) is 1. The number of hydrogen-bond donors (Lipinski definition) is 0. The van der Waals surface area contributed by atoms with Gasteiger partial charge in [-0.2, -0.15) is 0 Å². The van der Waals surface area contributed by atoms with Crippen molar-refractivity contribution < 1.29 is 9.00 Å².